The van der Waals surface area contributed by atoms with Crippen molar-refractivity contribution in [2.45, 2.75) is 62.8 Å². The molecule has 3 nitrogen and oxygen atoms in total. The van der Waals surface area contributed by atoms with Crippen LogP contribution >= 0.6 is 0 Å². The van der Waals surface area contributed by atoms with Crippen LogP contribution < -0.4 is 5.32 Å². The molecule has 4 heteroatoms. The highest BCUT2D eigenvalue weighted by molar-refractivity contribution is 5.84. The minimum atomic E-state index is -0.747. The van der Waals surface area contributed by atoms with E-state index < -0.39 is 6.17 Å². The maximum Gasteiger partial charge on any atom is 0.240 e. The summed E-state index contributed by atoms with van der Waals surface area (Å²) >= 11 is 0. The molecule has 2 aliphatic carbocycles. The Labute approximate surface area is 95.4 Å². The fraction of sp³-hybridized carbons (Fsp3) is 0.917. The highest BCUT2D eigenvalue weighted by Gasteiger charge is 2.42. The highest BCUT2D eigenvalue weighted by atomic mass is 19.1. The minimum Gasteiger partial charge on any atom is -0.338 e. The van der Waals surface area contributed by atoms with E-state index in [0.29, 0.717) is 12.5 Å². The second-order valence-corrected chi connectivity index (χ2v) is 5.32. The summed E-state index contributed by atoms with van der Waals surface area (Å²) in [5, 5.41) is 3.22. The molecule has 0 aromatic heterocycles. The van der Waals surface area contributed by atoms with E-state index in [-0.39, 0.29) is 18.0 Å². The number of likely N-dealkylation sites (tertiary alicyclic amines) is 1. The van der Waals surface area contributed by atoms with Crippen molar-refractivity contribution in [2.24, 2.45) is 0 Å². The van der Waals surface area contributed by atoms with Gasteiger partial charge in [0.1, 0.15) is 6.17 Å². The van der Waals surface area contributed by atoms with E-state index in [9.17, 15) is 9.18 Å². The molecule has 1 amide bonds. The second-order valence-electron chi connectivity index (χ2n) is 5.32. The molecule has 0 aromatic rings. The molecule has 0 bridgehead atoms. The molecule has 1 N–H and O–H groups in total. The summed E-state index contributed by atoms with van der Waals surface area (Å²) in [6.45, 7) is 0.866. The molecule has 2 saturated carbocycles. The van der Waals surface area contributed by atoms with Crippen LogP contribution in [0.2, 0.25) is 0 Å². The molecule has 1 heterocycles. The van der Waals surface area contributed by atoms with Crippen molar-refractivity contribution in [1.29, 1.82) is 0 Å². The number of halogens is 1. The number of rotatable bonds is 3. The lowest BCUT2D eigenvalue weighted by Crippen LogP contribution is -2.46. The van der Waals surface area contributed by atoms with Crippen molar-refractivity contribution in [3.05, 3.63) is 0 Å². The zero-order chi connectivity index (χ0) is 11.1. The third-order valence-corrected chi connectivity index (χ3v) is 4.07. The van der Waals surface area contributed by atoms with Crippen LogP contribution in [0.15, 0.2) is 0 Å². The van der Waals surface area contributed by atoms with Gasteiger partial charge in [-0.1, -0.05) is 0 Å². The molecule has 16 heavy (non-hydrogen) atoms. The van der Waals surface area contributed by atoms with Crippen LogP contribution in [0, 0.1) is 0 Å². The van der Waals surface area contributed by atoms with Gasteiger partial charge in [0.15, 0.2) is 0 Å². The predicted octanol–water partition coefficient (Wildman–Crippen LogP) is 1.23. The van der Waals surface area contributed by atoms with Gasteiger partial charge in [0.2, 0.25) is 5.91 Å². The van der Waals surface area contributed by atoms with Crippen molar-refractivity contribution >= 4 is 5.91 Å². The molecule has 0 spiro atoms. The second kappa shape index (κ2) is 3.99. The molecular formula is C12H19FN2O. The van der Waals surface area contributed by atoms with Crippen molar-refractivity contribution < 1.29 is 9.18 Å². The van der Waals surface area contributed by atoms with Crippen LogP contribution in [0.1, 0.15) is 38.5 Å². The Morgan fingerprint density at radius 1 is 1.19 bits per heavy atom. The van der Waals surface area contributed by atoms with E-state index >= 15 is 0 Å². The molecule has 3 unspecified atom stereocenters. The summed E-state index contributed by atoms with van der Waals surface area (Å²) in [6.07, 6.45) is 4.92. The Kier molecular flexibility index (Phi) is 2.62. The fourth-order valence-electron chi connectivity index (χ4n) is 2.97. The van der Waals surface area contributed by atoms with Gasteiger partial charge in [0, 0.05) is 18.6 Å². The zero-order valence-corrected chi connectivity index (χ0v) is 9.49. The average molecular weight is 226 g/mol. The number of carbonyl (C=O) groups excluding carboxylic acids is 1. The number of hydrogen-bond acceptors (Lipinski definition) is 2. The summed E-state index contributed by atoms with van der Waals surface area (Å²) in [6, 6.07) is 0.319. The zero-order valence-electron chi connectivity index (χ0n) is 9.49. The Bertz CT molecular complexity index is 293. The first-order valence-corrected chi connectivity index (χ1v) is 6.46. The van der Waals surface area contributed by atoms with Crippen molar-refractivity contribution in [2.75, 3.05) is 6.54 Å². The summed E-state index contributed by atoms with van der Waals surface area (Å²) in [5.74, 6) is 0.210. The monoisotopic (exact) mass is 226 g/mol. The van der Waals surface area contributed by atoms with Gasteiger partial charge >= 0.3 is 0 Å². The van der Waals surface area contributed by atoms with Crippen LogP contribution in [0.5, 0.6) is 0 Å². The molecule has 3 rings (SSSR count). The molecule has 0 aromatic carbocycles. The number of carbonyl (C=O) groups is 1. The molecule has 1 aliphatic heterocycles. The number of nitrogens with zero attached hydrogens (tertiary/aromatic N) is 1. The van der Waals surface area contributed by atoms with E-state index in [1.807, 2.05) is 4.90 Å². The highest BCUT2D eigenvalue weighted by Crippen LogP contribution is 2.31. The van der Waals surface area contributed by atoms with Crippen LogP contribution in [-0.4, -0.2) is 41.6 Å². The van der Waals surface area contributed by atoms with E-state index in [4.69, 9.17) is 0 Å². The van der Waals surface area contributed by atoms with E-state index in [1.54, 1.807) is 0 Å². The Balaban J connectivity index is 1.57. The number of hydrogen-bond donors (Lipinski definition) is 1. The van der Waals surface area contributed by atoms with Gasteiger partial charge in [-0.25, -0.2) is 4.39 Å². The maximum atomic E-state index is 13.4. The summed E-state index contributed by atoms with van der Waals surface area (Å²) in [4.78, 5) is 14.0. The molecule has 3 aliphatic rings. The first-order chi connectivity index (χ1) is 7.75. The van der Waals surface area contributed by atoms with E-state index in [2.05, 4.69) is 5.32 Å². The number of alkyl halides is 1. The summed E-state index contributed by atoms with van der Waals surface area (Å²) in [7, 11) is 0. The molecular weight excluding hydrogens is 207 g/mol. The normalized spacial score (nSPS) is 39.7. The third-order valence-electron chi connectivity index (χ3n) is 4.07. The van der Waals surface area contributed by atoms with E-state index in [1.165, 1.54) is 0 Å². The lowest BCUT2D eigenvalue weighted by Gasteiger charge is -2.20. The minimum absolute atomic E-state index is 0.0758. The summed E-state index contributed by atoms with van der Waals surface area (Å²) in [5.41, 5.74) is 0. The Morgan fingerprint density at radius 3 is 2.62 bits per heavy atom. The van der Waals surface area contributed by atoms with Gasteiger partial charge in [-0.15, -0.1) is 0 Å². The first kappa shape index (κ1) is 10.5. The van der Waals surface area contributed by atoms with E-state index in [0.717, 1.165) is 38.6 Å². The molecule has 90 valence electrons. The van der Waals surface area contributed by atoms with Crippen LogP contribution in [0.3, 0.4) is 0 Å². The fourth-order valence-corrected chi connectivity index (χ4v) is 2.97. The number of nitrogens with one attached hydrogen (secondary N) is 1. The van der Waals surface area contributed by atoms with Gasteiger partial charge in [-0.2, -0.15) is 0 Å². The van der Waals surface area contributed by atoms with Gasteiger partial charge in [0.25, 0.3) is 0 Å². The van der Waals surface area contributed by atoms with Gasteiger partial charge < -0.3 is 10.2 Å². The third kappa shape index (κ3) is 1.83. The van der Waals surface area contributed by atoms with Crippen LogP contribution in [0.25, 0.3) is 0 Å². The maximum absolute atomic E-state index is 13.4. The largest absolute Gasteiger partial charge is 0.338 e. The molecule has 3 fully saturated rings. The number of amides is 1. The van der Waals surface area contributed by atoms with Crippen molar-refractivity contribution in [3.8, 4) is 0 Å². The smallest absolute Gasteiger partial charge is 0.240 e. The Hall–Kier alpha value is -0.640. The van der Waals surface area contributed by atoms with Crippen molar-refractivity contribution in [3.63, 3.8) is 0 Å². The van der Waals surface area contributed by atoms with Crippen molar-refractivity contribution in [1.82, 2.24) is 10.2 Å². The standard InChI is InChI=1S/C12H19FN2O/c13-9-2-1-3-10(9)14-11-6-7-15(12(11)16)8-4-5-8/h8-11,14H,1-7H2. The summed E-state index contributed by atoms with van der Waals surface area (Å²) < 4.78 is 13.4. The van der Waals surface area contributed by atoms with Crippen LogP contribution in [-0.2, 0) is 4.79 Å². The SMILES string of the molecule is O=C1C(NC2CCCC2F)CCN1C1CC1. The average Bonchev–Trinajstić information content (AvgIpc) is 2.94. The van der Waals surface area contributed by atoms with Gasteiger partial charge in [0.05, 0.1) is 6.04 Å². The Morgan fingerprint density at radius 2 is 2.00 bits per heavy atom. The lowest BCUT2D eigenvalue weighted by atomic mass is 10.1. The van der Waals surface area contributed by atoms with Gasteiger partial charge in [-0.05, 0) is 38.5 Å². The quantitative estimate of drug-likeness (QED) is 0.785. The molecule has 1 saturated heterocycles. The molecule has 3 atom stereocenters. The lowest BCUT2D eigenvalue weighted by molar-refractivity contribution is -0.130. The van der Waals surface area contributed by atoms with Crippen LogP contribution in [0.4, 0.5) is 4.39 Å². The molecule has 0 radical (unpaired) electrons. The van der Waals surface area contributed by atoms with Gasteiger partial charge in [-0.3, -0.25) is 4.79 Å². The first-order valence-electron chi connectivity index (χ1n) is 6.46. The topological polar surface area (TPSA) is 32.3 Å². The predicted molar refractivity (Wildman–Crippen MR) is 58.8 cm³/mol.